The Labute approximate surface area is 231 Å². The lowest BCUT2D eigenvalue weighted by atomic mass is 9.87. The van der Waals surface area contributed by atoms with Crippen LogP contribution >= 0.6 is 0 Å². The van der Waals surface area contributed by atoms with Gasteiger partial charge in [0.05, 0.1) is 5.56 Å². The van der Waals surface area contributed by atoms with E-state index in [2.05, 4.69) is 31.1 Å². The molecule has 5 rings (SSSR count). The second kappa shape index (κ2) is 11.6. The number of piperidine rings is 1. The molecule has 41 heavy (non-hydrogen) atoms. The van der Waals surface area contributed by atoms with Gasteiger partial charge < -0.3 is 20.4 Å². The van der Waals surface area contributed by atoms with Crippen LogP contribution in [0, 0.1) is 0 Å². The standard InChI is InChI=1S/C28H25F5N6O2/c29-23(30)22(20-6-1-2-7-21(20)28(31,32)33)36-24(40)18-4-3-5-19(16-18)37-27(10-14-35-15-11-27)26-39-38-25(41-26)17-8-12-34-13-9-17/h1-9,12-13,16,22-23,35,37H,10-11,14-15H2,(H,36,40)/t22-/m1/s1. The highest BCUT2D eigenvalue weighted by Gasteiger charge is 2.40. The monoisotopic (exact) mass is 572 g/mol. The zero-order chi connectivity index (χ0) is 29.0. The van der Waals surface area contributed by atoms with Crippen LogP contribution in [0.1, 0.15) is 46.3 Å². The van der Waals surface area contributed by atoms with Crippen molar-refractivity contribution in [2.45, 2.75) is 37.0 Å². The van der Waals surface area contributed by atoms with E-state index in [1.807, 2.05) is 0 Å². The first-order valence-corrected chi connectivity index (χ1v) is 12.7. The summed E-state index contributed by atoms with van der Waals surface area (Å²) in [5, 5.41) is 17.2. The Kier molecular flexibility index (Phi) is 7.97. The lowest BCUT2D eigenvalue weighted by Gasteiger charge is -2.36. The number of amides is 1. The van der Waals surface area contributed by atoms with Crippen LogP contribution in [0.3, 0.4) is 0 Å². The number of aromatic nitrogens is 3. The van der Waals surface area contributed by atoms with Crippen LogP contribution < -0.4 is 16.0 Å². The number of alkyl halides is 5. The van der Waals surface area contributed by atoms with E-state index in [1.165, 1.54) is 18.2 Å². The molecular formula is C28H25F5N6O2. The molecule has 1 aliphatic rings. The molecule has 214 valence electrons. The molecule has 1 atom stereocenters. The van der Waals surface area contributed by atoms with Gasteiger partial charge in [0, 0.05) is 29.2 Å². The van der Waals surface area contributed by atoms with Crippen LogP contribution in [0.25, 0.3) is 11.5 Å². The predicted octanol–water partition coefficient (Wildman–Crippen LogP) is 5.58. The van der Waals surface area contributed by atoms with Crippen molar-refractivity contribution in [2.24, 2.45) is 0 Å². The fraction of sp³-hybridized carbons (Fsp3) is 0.286. The van der Waals surface area contributed by atoms with Gasteiger partial charge in [-0.05, 0) is 67.9 Å². The number of carbonyl (C=O) groups is 1. The van der Waals surface area contributed by atoms with Crippen molar-refractivity contribution in [2.75, 3.05) is 18.4 Å². The topological polar surface area (TPSA) is 105 Å². The van der Waals surface area contributed by atoms with E-state index in [1.54, 1.807) is 36.7 Å². The fourth-order valence-electron chi connectivity index (χ4n) is 4.82. The van der Waals surface area contributed by atoms with E-state index in [4.69, 9.17) is 4.42 Å². The Balaban J connectivity index is 1.40. The lowest BCUT2D eigenvalue weighted by Crippen LogP contribution is -2.45. The maximum absolute atomic E-state index is 14.0. The largest absolute Gasteiger partial charge is 0.418 e. The molecule has 3 N–H and O–H groups in total. The normalized spacial score (nSPS) is 15.9. The number of hydrogen-bond acceptors (Lipinski definition) is 7. The molecule has 2 aromatic carbocycles. The molecule has 8 nitrogen and oxygen atoms in total. The highest BCUT2D eigenvalue weighted by atomic mass is 19.4. The van der Waals surface area contributed by atoms with Gasteiger partial charge in [0.25, 0.3) is 12.3 Å². The molecule has 0 radical (unpaired) electrons. The first-order valence-electron chi connectivity index (χ1n) is 12.7. The maximum Gasteiger partial charge on any atom is 0.416 e. The van der Waals surface area contributed by atoms with Gasteiger partial charge in [-0.1, -0.05) is 24.3 Å². The molecule has 0 saturated carbocycles. The van der Waals surface area contributed by atoms with Gasteiger partial charge in [-0.2, -0.15) is 13.2 Å². The third kappa shape index (κ3) is 6.19. The number of halogens is 5. The van der Waals surface area contributed by atoms with Gasteiger partial charge in [-0.3, -0.25) is 9.78 Å². The minimum absolute atomic E-state index is 0.0165. The van der Waals surface area contributed by atoms with Gasteiger partial charge in [0.2, 0.25) is 11.8 Å². The molecule has 0 bridgehead atoms. The summed E-state index contributed by atoms with van der Waals surface area (Å²) in [4.78, 5) is 17.0. The minimum atomic E-state index is -4.87. The van der Waals surface area contributed by atoms with Crippen molar-refractivity contribution in [3.8, 4) is 11.5 Å². The number of nitrogens with one attached hydrogen (secondary N) is 3. The van der Waals surface area contributed by atoms with E-state index < -0.39 is 41.2 Å². The highest BCUT2D eigenvalue weighted by molar-refractivity contribution is 5.95. The molecule has 2 aromatic heterocycles. The molecular weight excluding hydrogens is 547 g/mol. The SMILES string of the molecule is O=C(N[C@H](c1ccccc1C(F)(F)F)C(F)F)c1cccc(NC2(c3nnc(-c4ccncc4)o3)CCNCC2)c1. The predicted molar refractivity (Wildman–Crippen MR) is 139 cm³/mol. The van der Waals surface area contributed by atoms with Crippen molar-refractivity contribution in [3.05, 3.63) is 95.6 Å². The van der Waals surface area contributed by atoms with Crippen LogP contribution in [0.5, 0.6) is 0 Å². The number of nitrogens with zero attached hydrogens (tertiary/aromatic N) is 3. The Morgan fingerprint density at radius 2 is 1.71 bits per heavy atom. The first kappa shape index (κ1) is 28.1. The summed E-state index contributed by atoms with van der Waals surface area (Å²) in [6, 6.07) is 11.3. The average molecular weight is 573 g/mol. The van der Waals surface area contributed by atoms with E-state index >= 15 is 0 Å². The summed E-state index contributed by atoms with van der Waals surface area (Å²) >= 11 is 0. The number of rotatable bonds is 8. The number of carbonyl (C=O) groups excluding carboxylic acids is 1. The Bertz CT molecular complexity index is 1490. The van der Waals surface area contributed by atoms with Crippen LogP contribution in [0.4, 0.5) is 27.6 Å². The Hall–Kier alpha value is -4.39. The van der Waals surface area contributed by atoms with E-state index in [0.29, 0.717) is 55.0 Å². The van der Waals surface area contributed by atoms with Crippen molar-refractivity contribution in [1.82, 2.24) is 25.8 Å². The van der Waals surface area contributed by atoms with Gasteiger partial charge in [-0.15, -0.1) is 10.2 Å². The van der Waals surface area contributed by atoms with Crippen LogP contribution in [-0.2, 0) is 11.7 Å². The number of pyridine rings is 1. The molecule has 0 spiro atoms. The van der Waals surface area contributed by atoms with Gasteiger partial charge in [0.1, 0.15) is 11.6 Å². The molecule has 0 aliphatic carbocycles. The molecule has 1 aliphatic heterocycles. The second-order valence-corrected chi connectivity index (χ2v) is 9.56. The Morgan fingerprint density at radius 1 is 0.976 bits per heavy atom. The van der Waals surface area contributed by atoms with Crippen molar-refractivity contribution in [3.63, 3.8) is 0 Å². The third-order valence-corrected chi connectivity index (χ3v) is 6.87. The first-order chi connectivity index (χ1) is 19.7. The quantitative estimate of drug-likeness (QED) is 0.237. The minimum Gasteiger partial charge on any atom is -0.418 e. The van der Waals surface area contributed by atoms with Crippen LogP contribution in [0.15, 0.2) is 77.5 Å². The third-order valence-electron chi connectivity index (χ3n) is 6.87. The van der Waals surface area contributed by atoms with Crippen LogP contribution in [0.2, 0.25) is 0 Å². The molecule has 1 saturated heterocycles. The fourth-order valence-corrected chi connectivity index (χ4v) is 4.82. The molecule has 3 heterocycles. The smallest absolute Gasteiger partial charge is 0.416 e. The Morgan fingerprint density at radius 3 is 2.41 bits per heavy atom. The number of hydrogen-bond donors (Lipinski definition) is 3. The highest BCUT2D eigenvalue weighted by Crippen LogP contribution is 2.37. The zero-order valence-electron chi connectivity index (χ0n) is 21.5. The number of anilines is 1. The summed E-state index contributed by atoms with van der Waals surface area (Å²) < 4.78 is 74.4. The van der Waals surface area contributed by atoms with Gasteiger partial charge in [0.15, 0.2) is 0 Å². The second-order valence-electron chi connectivity index (χ2n) is 9.56. The van der Waals surface area contributed by atoms with Crippen LogP contribution in [-0.4, -0.2) is 40.6 Å². The number of benzene rings is 2. The van der Waals surface area contributed by atoms with Gasteiger partial charge in [-0.25, -0.2) is 8.78 Å². The summed E-state index contributed by atoms with van der Waals surface area (Å²) in [7, 11) is 0. The van der Waals surface area contributed by atoms with Gasteiger partial charge >= 0.3 is 6.18 Å². The summed E-state index contributed by atoms with van der Waals surface area (Å²) in [6.45, 7) is 1.27. The van der Waals surface area contributed by atoms with Crippen molar-refractivity contribution >= 4 is 11.6 Å². The molecule has 1 fully saturated rings. The molecule has 1 amide bonds. The van der Waals surface area contributed by atoms with E-state index in [9.17, 15) is 26.7 Å². The van der Waals surface area contributed by atoms with Crippen molar-refractivity contribution < 1.29 is 31.2 Å². The maximum atomic E-state index is 14.0. The van der Waals surface area contributed by atoms with E-state index in [0.717, 1.165) is 12.1 Å². The zero-order valence-corrected chi connectivity index (χ0v) is 21.5. The lowest BCUT2D eigenvalue weighted by molar-refractivity contribution is -0.138. The molecule has 0 unspecified atom stereocenters. The molecule has 4 aromatic rings. The summed E-state index contributed by atoms with van der Waals surface area (Å²) in [5.41, 5.74) is -1.60. The summed E-state index contributed by atoms with van der Waals surface area (Å²) in [6.07, 6.45) is -3.82. The average Bonchev–Trinajstić information content (AvgIpc) is 3.48. The van der Waals surface area contributed by atoms with E-state index in [-0.39, 0.29) is 5.56 Å². The van der Waals surface area contributed by atoms with Crippen molar-refractivity contribution in [1.29, 1.82) is 0 Å². The molecule has 13 heteroatoms. The summed E-state index contributed by atoms with van der Waals surface area (Å²) in [5.74, 6) is -0.303.